The number of hydrogen-bond donors (Lipinski definition) is 1. The van der Waals surface area contributed by atoms with Gasteiger partial charge >= 0.3 is 0 Å². The maximum atomic E-state index is 6.30. The first kappa shape index (κ1) is 21.1. The van der Waals surface area contributed by atoms with Gasteiger partial charge in [-0.05, 0) is 68.8 Å². The van der Waals surface area contributed by atoms with Crippen molar-refractivity contribution in [3.8, 4) is 11.3 Å². The first-order chi connectivity index (χ1) is 14.4. The molecule has 5 nitrogen and oxygen atoms in total. The van der Waals surface area contributed by atoms with Crippen LogP contribution in [0.15, 0.2) is 59.1 Å². The molecule has 156 valence electrons. The number of benzene rings is 1. The Bertz CT molecular complexity index is 1040. The average molecular weight is 461 g/mol. The SMILES string of the molecule is CN(C)CCN1C(=S)N[C@@H](c2ccccn2)[C@H]1c1ccc(-c2ccc(Cl)c(Cl)c2)o1. The predicted octanol–water partition coefficient (Wildman–Crippen LogP) is 5.18. The van der Waals surface area contributed by atoms with Crippen LogP contribution in [0.1, 0.15) is 23.5 Å². The van der Waals surface area contributed by atoms with E-state index in [1.807, 2.05) is 56.6 Å². The molecule has 0 unspecified atom stereocenters. The highest BCUT2D eigenvalue weighted by Crippen LogP contribution is 2.40. The number of aromatic nitrogens is 1. The largest absolute Gasteiger partial charge is 0.459 e. The lowest BCUT2D eigenvalue weighted by Crippen LogP contribution is -2.35. The van der Waals surface area contributed by atoms with E-state index in [0.29, 0.717) is 15.2 Å². The Hall–Kier alpha value is -2.12. The van der Waals surface area contributed by atoms with Gasteiger partial charge in [0.2, 0.25) is 0 Å². The molecule has 1 aromatic carbocycles. The van der Waals surface area contributed by atoms with Crippen molar-refractivity contribution in [2.24, 2.45) is 0 Å². The van der Waals surface area contributed by atoms with E-state index in [-0.39, 0.29) is 12.1 Å². The Labute approximate surface area is 191 Å². The first-order valence-electron chi connectivity index (χ1n) is 9.62. The lowest BCUT2D eigenvalue weighted by Gasteiger charge is -2.27. The summed E-state index contributed by atoms with van der Waals surface area (Å²) in [7, 11) is 4.10. The lowest BCUT2D eigenvalue weighted by molar-refractivity contribution is 0.250. The third-order valence-corrected chi connectivity index (χ3v) is 6.20. The van der Waals surface area contributed by atoms with Crippen LogP contribution in [0.3, 0.4) is 0 Å². The average Bonchev–Trinajstić information content (AvgIpc) is 3.33. The van der Waals surface area contributed by atoms with Crippen LogP contribution in [-0.4, -0.2) is 47.1 Å². The van der Waals surface area contributed by atoms with Gasteiger partial charge < -0.3 is 19.5 Å². The standard InChI is InChI=1S/C22H22Cl2N4OS/c1-27(2)11-12-28-21(20(26-22(28)30)17-5-3-4-10-25-17)19-9-8-18(29-19)14-6-7-15(23)16(24)13-14/h3-10,13,20-21H,11-12H2,1-2H3,(H,26,30)/t20-,21+/m0/s1. The van der Waals surface area contributed by atoms with Crippen molar-refractivity contribution in [1.29, 1.82) is 0 Å². The lowest BCUT2D eigenvalue weighted by atomic mass is 10.0. The molecular weight excluding hydrogens is 439 g/mol. The number of halogens is 2. The summed E-state index contributed by atoms with van der Waals surface area (Å²) in [5.41, 5.74) is 1.79. The second-order valence-electron chi connectivity index (χ2n) is 7.45. The molecule has 8 heteroatoms. The minimum absolute atomic E-state index is 0.103. The van der Waals surface area contributed by atoms with Crippen LogP contribution < -0.4 is 5.32 Å². The number of nitrogens with zero attached hydrogens (tertiary/aromatic N) is 3. The van der Waals surface area contributed by atoms with Crippen molar-refractivity contribution in [2.75, 3.05) is 27.2 Å². The van der Waals surface area contributed by atoms with E-state index in [2.05, 4.69) is 20.1 Å². The highest BCUT2D eigenvalue weighted by atomic mass is 35.5. The van der Waals surface area contributed by atoms with Gasteiger partial charge in [0.05, 0.1) is 21.8 Å². The summed E-state index contributed by atoms with van der Waals surface area (Å²) in [6, 6.07) is 15.1. The molecule has 0 bridgehead atoms. The fourth-order valence-electron chi connectivity index (χ4n) is 3.58. The van der Waals surface area contributed by atoms with Crippen LogP contribution in [0.2, 0.25) is 10.0 Å². The van der Waals surface area contributed by atoms with Gasteiger partial charge in [-0.2, -0.15) is 0 Å². The van der Waals surface area contributed by atoms with Crippen molar-refractivity contribution < 1.29 is 4.42 Å². The van der Waals surface area contributed by atoms with Gasteiger partial charge in [0.15, 0.2) is 5.11 Å². The van der Waals surface area contributed by atoms with Crippen molar-refractivity contribution >= 4 is 40.5 Å². The van der Waals surface area contributed by atoms with Gasteiger partial charge in [0.1, 0.15) is 17.6 Å². The number of hydrogen-bond acceptors (Lipinski definition) is 4. The monoisotopic (exact) mass is 460 g/mol. The van der Waals surface area contributed by atoms with Gasteiger partial charge in [-0.3, -0.25) is 4.98 Å². The van der Waals surface area contributed by atoms with Crippen molar-refractivity contribution in [1.82, 2.24) is 20.1 Å². The molecule has 2 atom stereocenters. The van der Waals surface area contributed by atoms with Crippen LogP contribution in [0.25, 0.3) is 11.3 Å². The molecular formula is C22H22Cl2N4OS. The summed E-state index contributed by atoms with van der Waals surface area (Å²) in [4.78, 5) is 8.86. The fraction of sp³-hybridized carbons (Fsp3) is 0.273. The Balaban J connectivity index is 1.70. The van der Waals surface area contributed by atoms with Gasteiger partial charge in [0.25, 0.3) is 0 Å². The molecule has 0 saturated carbocycles. The van der Waals surface area contributed by atoms with E-state index in [0.717, 1.165) is 35.9 Å². The predicted molar refractivity (Wildman–Crippen MR) is 125 cm³/mol. The smallest absolute Gasteiger partial charge is 0.170 e. The van der Waals surface area contributed by atoms with E-state index in [4.69, 9.17) is 39.8 Å². The zero-order valence-corrected chi connectivity index (χ0v) is 19.0. The van der Waals surface area contributed by atoms with Crippen molar-refractivity contribution in [3.63, 3.8) is 0 Å². The maximum absolute atomic E-state index is 6.30. The van der Waals surface area contributed by atoms with E-state index < -0.39 is 0 Å². The van der Waals surface area contributed by atoms with Gasteiger partial charge in [-0.15, -0.1) is 0 Å². The molecule has 1 aliphatic heterocycles. The maximum Gasteiger partial charge on any atom is 0.170 e. The van der Waals surface area contributed by atoms with Crippen molar-refractivity contribution in [3.05, 3.63) is 76.2 Å². The Morgan fingerprint density at radius 1 is 1.13 bits per heavy atom. The molecule has 2 aromatic heterocycles. The third-order valence-electron chi connectivity index (χ3n) is 5.11. The molecule has 0 radical (unpaired) electrons. The van der Waals surface area contributed by atoms with Crippen LogP contribution in [-0.2, 0) is 0 Å². The molecule has 1 saturated heterocycles. The van der Waals surface area contributed by atoms with E-state index in [1.165, 1.54) is 0 Å². The molecule has 0 spiro atoms. The number of likely N-dealkylation sites (N-methyl/N-ethyl adjacent to an activating group) is 1. The number of thiocarbonyl (C=S) groups is 1. The first-order valence-corrected chi connectivity index (χ1v) is 10.8. The summed E-state index contributed by atoms with van der Waals surface area (Å²) in [6.07, 6.45) is 1.79. The summed E-state index contributed by atoms with van der Waals surface area (Å²) in [5.74, 6) is 1.55. The number of pyridine rings is 1. The fourth-order valence-corrected chi connectivity index (χ4v) is 4.21. The van der Waals surface area contributed by atoms with Crippen molar-refractivity contribution in [2.45, 2.75) is 12.1 Å². The molecule has 1 aliphatic rings. The normalized spacial score (nSPS) is 18.8. The van der Waals surface area contributed by atoms with E-state index in [9.17, 15) is 0 Å². The molecule has 3 aromatic rings. The van der Waals surface area contributed by atoms with Crippen LogP contribution in [0.4, 0.5) is 0 Å². The number of furan rings is 1. The quantitative estimate of drug-likeness (QED) is 0.511. The minimum Gasteiger partial charge on any atom is -0.459 e. The summed E-state index contributed by atoms with van der Waals surface area (Å²) < 4.78 is 6.30. The molecule has 3 heterocycles. The summed E-state index contributed by atoms with van der Waals surface area (Å²) in [6.45, 7) is 1.64. The summed E-state index contributed by atoms with van der Waals surface area (Å²) >= 11 is 17.9. The number of nitrogens with one attached hydrogen (secondary N) is 1. The van der Waals surface area contributed by atoms with Gasteiger partial charge in [-0.1, -0.05) is 29.3 Å². The molecule has 0 aliphatic carbocycles. The van der Waals surface area contributed by atoms with Crippen LogP contribution in [0, 0.1) is 0 Å². The van der Waals surface area contributed by atoms with Crippen LogP contribution >= 0.6 is 35.4 Å². The zero-order valence-electron chi connectivity index (χ0n) is 16.7. The van der Waals surface area contributed by atoms with Gasteiger partial charge in [-0.25, -0.2) is 0 Å². The molecule has 4 rings (SSSR count). The summed E-state index contributed by atoms with van der Waals surface area (Å²) in [5, 5.41) is 5.15. The molecule has 0 amide bonds. The Morgan fingerprint density at radius 2 is 1.97 bits per heavy atom. The van der Waals surface area contributed by atoms with Gasteiger partial charge in [0, 0.05) is 24.8 Å². The second kappa shape index (κ2) is 8.94. The molecule has 30 heavy (non-hydrogen) atoms. The third kappa shape index (κ3) is 4.32. The van der Waals surface area contributed by atoms with E-state index in [1.54, 1.807) is 12.3 Å². The molecule has 1 fully saturated rings. The van der Waals surface area contributed by atoms with Crippen LogP contribution in [0.5, 0.6) is 0 Å². The highest BCUT2D eigenvalue weighted by Gasteiger charge is 2.41. The Kier molecular flexibility index (Phi) is 6.29. The highest BCUT2D eigenvalue weighted by molar-refractivity contribution is 7.80. The Morgan fingerprint density at radius 3 is 2.67 bits per heavy atom. The minimum atomic E-state index is -0.108. The number of rotatable bonds is 6. The van der Waals surface area contributed by atoms with E-state index >= 15 is 0 Å². The molecule has 1 N–H and O–H groups in total. The topological polar surface area (TPSA) is 44.5 Å². The zero-order chi connectivity index (χ0) is 21.3. The second-order valence-corrected chi connectivity index (χ2v) is 8.66.